The standard InChI is InChI=1S/C17H13F4NOS/c18-13-6-2-1-5-12(13)9-10-16(23)22-14-7-3-4-8-15(14)24-11-17(19,20)21/h1-10H,11H2,(H,22,23)/b10-9+. The second-order valence-electron chi connectivity index (χ2n) is 4.74. The van der Waals surface area contributed by atoms with E-state index >= 15 is 0 Å². The molecule has 0 unspecified atom stereocenters. The lowest BCUT2D eigenvalue weighted by Crippen LogP contribution is -2.12. The number of hydrogen-bond acceptors (Lipinski definition) is 2. The Morgan fingerprint density at radius 3 is 2.46 bits per heavy atom. The molecule has 2 aromatic carbocycles. The van der Waals surface area contributed by atoms with Crippen LogP contribution in [0.15, 0.2) is 59.5 Å². The molecule has 0 saturated heterocycles. The molecule has 126 valence electrons. The molecule has 2 rings (SSSR count). The third-order valence-electron chi connectivity index (χ3n) is 2.86. The number of thioether (sulfide) groups is 1. The smallest absolute Gasteiger partial charge is 0.321 e. The molecule has 0 aliphatic rings. The zero-order valence-electron chi connectivity index (χ0n) is 12.3. The van der Waals surface area contributed by atoms with Crippen LogP contribution < -0.4 is 5.32 Å². The summed E-state index contributed by atoms with van der Waals surface area (Å²) < 4.78 is 50.4. The molecule has 0 spiro atoms. The first-order chi connectivity index (χ1) is 11.3. The summed E-state index contributed by atoms with van der Waals surface area (Å²) in [5, 5.41) is 2.50. The molecule has 0 atom stereocenters. The Morgan fingerprint density at radius 2 is 1.75 bits per heavy atom. The molecule has 0 aliphatic carbocycles. The molecule has 0 fully saturated rings. The van der Waals surface area contributed by atoms with E-state index in [4.69, 9.17) is 0 Å². The molecular formula is C17H13F4NOS. The van der Waals surface area contributed by atoms with Crippen LogP contribution in [0.4, 0.5) is 23.2 Å². The van der Waals surface area contributed by atoms with E-state index in [0.29, 0.717) is 16.7 Å². The highest BCUT2D eigenvalue weighted by atomic mass is 32.2. The predicted octanol–water partition coefficient (Wildman–Crippen LogP) is 5.13. The Labute approximate surface area is 140 Å². The highest BCUT2D eigenvalue weighted by molar-refractivity contribution is 7.99. The molecule has 0 radical (unpaired) electrons. The minimum absolute atomic E-state index is 0.243. The van der Waals surface area contributed by atoms with E-state index < -0.39 is 23.7 Å². The maximum absolute atomic E-state index is 13.5. The summed E-state index contributed by atoms with van der Waals surface area (Å²) in [6.45, 7) is 0. The largest absolute Gasteiger partial charge is 0.398 e. The Morgan fingerprint density at radius 1 is 1.08 bits per heavy atom. The third-order valence-corrected chi connectivity index (χ3v) is 3.99. The van der Waals surface area contributed by atoms with Gasteiger partial charge in [-0.3, -0.25) is 4.79 Å². The molecule has 0 saturated carbocycles. The Balaban J connectivity index is 2.05. The van der Waals surface area contributed by atoms with Crippen molar-refractivity contribution in [3.05, 3.63) is 66.0 Å². The maximum Gasteiger partial charge on any atom is 0.398 e. The lowest BCUT2D eigenvalue weighted by molar-refractivity contribution is -0.111. The molecule has 1 N–H and O–H groups in total. The molecule has 7 heteroatoms. The average molecular weight is 355 g/mol. The Kier molecular flexibility index (Phi) is 6.03. The van der Waals surface area contributed by atoms with E-state index in [-0.39, 0.29) is 11.3 Å². The quantitative estimate of drug-likeness (QED) is 0.458. The van der Waals surface area contributed by atoms with Crippen molar-refractivity contribution in [1.29, 1.82) is 0 Å². The van der Waals surface area contributed by atoms with Gasteiger partial charge in [0.1, 0.15) is 5.82 Å². The van der Waals surface area contributed by atoms with Gasteiger partial charge in [-0.05, 0) is 24.3 Å². The van der Waals surface area contributed by atoms with Crippen LogP contribution in [0.1, 0.15) is 5.56 Å². The average Bonchev–Trinajstić information content (AvgIpc) is 2.52. The van der Waals surface area contributed by atoms with Gasteiger partial charge in [-0.15, -0.1) is 11.8 Å². The summed E-state index contributed by atoms with van der Waals surface area (Å²) in [6, 6.07) is 12.1. The number of anilines is 1. The van der Waals surface area contributed by atoms with E-state index in [1.165, 1.54) is 36.4 Å². The molecular weight excluding hydrogens is 342 g/mol. The van der Waals surface area contributed by atoms with Crippen LogP contribution in [0.5, 0.6) is 0 Å². The first-order valence-corrected chi connectivity index (χ1v) is 7.86. The summed E-state index contributed by atoms with van der Waals surface area (Å²) >= 11 is 0.589. The van der Waals surface area contributed by atoms with Gasteiger partial charge in [0.25, 0.3) is 0 Å². The van der Waals surface area contributed by atoms with Crippen molar-refractivity contribution in [2.75, 3.05) is 11.1 Å². The van der Waals surface area contributed by atoms with E-state index in [9.17, 15) is 22.4 Å². The first-order valence-electron chi connectivity index (χ1n) is 6.87. The van der Waals surface area contributed by atoms with Crippen LogP contribution >= 0.6 is 11.8 Å². The minimum Gasteiger partial charge on any atom is -0.321 e. The number of hydrogen-bond donors (Lipinski definition) is 1. The summed E-state index contributed by atoms with van der Waals surface area (Å²) in [5.74, 6) is -2.08. The molecule has 0 aromatic heterocycles. The van der Waals surface area contributed by atoms with Crippen molar-refractivity contribution >= 4 is 29.4 Å². The SMILES string of the molecule is O=C(/C=C/c1ccccc1F)Nc1ccccc1SCC(F)(F)F. The predicted molar refractivity (Wildman–Crippen MR) is 87.3 cm³/mol. The van der Waals surface area contributed by atoms with Crippen LogP contribution in [0, 0.1) is 5.82 Å². The lowest BCUT2D eigenvalue weighted by atomic mass is 10.2. The number of carbonyl (C=O) groups is 1. The molecule has 2 aromatic rings. The number of halogens is 4. The van der Waals surface area contributed by atoms with Gasteiger partial charge in [-0.1, -0.05) is 30.3 Å². The van der Waals surface area contributed by atoms with Crippen molar-refractivity contribution in [3.63, 3.8) is 0 Å². The molecule has 2 nitrogen and oxygen atoms in total. The molecule has 24 heavy (non-hydrogen) atoms. The van der Waals surface area contributed by atoms with E-state index in [1.807, 2.05) is 0 Å². The zero-order chi connectivity index (χ0) is 17.6. The molecule has 0 bridgehead atoms. The van der Waals surface area contributed by atoms with Gasteiger partial charge in [0.15, 0.2) is 0 Å². The van der Waals surface area contributed by atoms with E-state index in [1.54, 1.807) is 18.2 Å². The second-order valence-corrected chi connectivity index (χ2v) is 5.76. The van der Waals surface area contributed by atoms with Gasteiger partial charge in [-0.25, -0.2) is 4.39 Å². The van der Waals surface area contributed by atoms with Gasteiger partial charge in [-0.2, -0.15) is 13.2 Å². The number of rotatable bonds is 5. The van der Waals surface area contributed by atoms with Crippen LogP contribution in [-0.4, -0.2) is 17.8 Å². The number of benzene rings is 2. The van der Waals surface area contributed by atoms with Crippen molar-refractivity contribution in [2.24, 2.45) is 0 Å². The van der Waals surface area contributed by atoms with Crippen molar-refractivity contribution in [2.45, 2.75) is 11.1 Å². The normalized spacial score (nSPS) is 11.7. The number of amides is 1. The fourth-order valence-corrected chi connectivity index (χ4v) is 2.57. The third kappa shape index (κ3) is 5.73. The second kappa shape index (κ2) is 8.01. The fraction of sp³-hybridized carbons (Fsp3) is 0.118. The fourth-order valence-electron chi connectivity index (χ4n) is 1.81. The van der Waals surface area contributed by atoms with E-state index in [2.05, 4.69) is 5.32 Å². The van der Waals surface area contributed by atoms with Crippen molar-refractivity contribution < 1.29 is 22.4 Å². The monoisotopic (exact) mass is 355 g/mol. The number of alkyl halides is 3. The van der Waals surface area contributed by atoms with Gasteiger partial charge >= 0.3 is 6.18 Å². The number of nitrogens with one attached hydrogen (secondary N) is 1. The number of para-hydroxylation sites is 1. The first kappa shape index (κ1) is 18.1. The van der Waals surface area contributed by atoms with Gasteiger partial charge in [0, 0.05) is 16.5 Å². The zero-order valence-corrected chi connectivity index (χ0v) is 13.1. The van der Waals surface area contributed by atoms with Crippen molar-refractivity contribution in [1.82, 2.24) is 0 Å². The van der Waals surface area contributed by atoms with Gasteiger partial charge in [0.2, 0.25) is 5.91 Å². The van der Waals surface area contributed by atoms with Crippen LogP contribution in [-0.2, 0) is 4.79 Å². The summed E-state index contributed by atoms with van der Waals surface area (Å²) in [5.41, 5.74) is 0.516. The van der Waals surface area contributed by atoms with Crippen LogP contribution in [0.25, 0.3) is 6.08 Å². The summed E-state index contributed by atoms with van der Waals surface area (Å²) in [6.07, 6.45) is -1.87. The Bertz CT molecular complexity index is 743. The Hall–Kier alpha value is -2.28. The van der Waals surface area contributed by atoms with Crippen LogP contribution in [0.2, 0.25) is 0 Å². The lowest BCUT2D eigenvalue weighted by Gasteiger charge is -2.10. The van der Waals surface area contributed by atoms with E-state index in [0.717, 1.165) is 6.08 Å². The summed E-state index contributed by atoms with van der Waals surface area (Å²) in [4.78, 5) is 12.2. The minimum atomic E-state index is -4.30. The van der Waals surface area contributed by atoms with Crippen molar-refractivity contribution in [3.8, 4) is 0 Å². The molecule has 0 heterocycles. The molecule has 1 amide bonds. The number of carbonyl (C=O) groups excluding carboxylic acids is 1. The maximum atomic E-state index is 13.5. The topological polar surface area (TPSA) is 29.1 Å². The van der Waals surface area contributed by atoms with Crippen LogP contribution in [0.3, 0.4) is 0 Å². The summed E-state index contributed by atoms with van der Waals surface area (Å²) in [7, 11) is 0. The van der Waals surface area contributed by atoms with Gasteiger partial charge < -0.3 is 5.32 Å². The van der Waals surface area contributed by atoms with Gasteiger partial charge in [0.05, 0.1) is 11.4 Å². The highest BCUT2D eigenvalue weighted by Gasteiger charge is 2.27. The highest BCUT2D eigenvalue weighted by Crippen LogP contribution is 2.32. The molecule has 0 aliphatic heterocycles.